The number of rotatable bonds is 8. The number of benzene rings is 2. The molecule has 0 aliphatic carbocycles. The summed E-state index contributed by atoms with van der Waals surface area (Å²) in [5.74, 6) is -0.554. The molecule has 0 spiro atoms. The van der Waals surface area contributed by atoms with Crippen molar-refractivity contribution in [3.05, 3.63) is 89.4 Å². The number of pyridine rings is 1. The Bertz CT molecular complexity index is 1170. The maximum absolute atomic E-state index is 14.1. The van der Waals surface area contributed by atoms with E-state index in [1.165, 1.54) is 12.1 Å². The molecule has 1 aromatic heterocycles. The molecule has 0 saturated heterocycles. The third-order valence-corrected chi connectivity index (χ3v) is 6.46. The van der Waals surface area contributed by atoms with Crippen molar-refractivity contribution in [1.29, 1.82) is 0 Å². The Morgan fingerprint density at radius 3 is 2.74 bits per heavy atom. The smallest absolute Gasteiger partial charge is 0.313 e. The van der Waals surface area contributed by atoms with E-state index in [2.05, 4.69) is 22.5 Å². The van der Waals surface area contributed by atoms with Crippen LogP contribution in [-0.2, 0) is 10.2 Å². The van der Waals surface area contributed by atoms with Crippen LogP contribution in [0.25, 0.3) is 0 Å². The van der Waals surface area contributed by atoms with Crippen LogP contribution in [0.15, 0.2) is 66.9 Å². The lowest BCUT2D eigenvalue weighted by molar-refractivity contribution is -0.142. The van der Waals surface area contributed by atoms with Crippen LogP contribution in [0.3, 0.4) is 0 Å². The SMILES string of the molecule is C[C@@H](CN[C@H](c1cccc(F)c1)[C@H]1CNc2cccnc2O1)c1cccc(C(C)(C)C(=O)O)c1. The van der Waals surface area contributed by atoms with Crippen molar-refractivity contribution in [3.8, 4) is 5.88 Å². The molecule has 3 aromatic rings. The van der Waals surface area contributed by atoms with Crippen LogP contribution < -0.4 is 15.4 Å². The number of nitrogens with one attached hydrogen (secondary N) is 2. The van der Waals surface area contributed by atoms with Gasteiger partial charge in [-0.25, -0.2) is 9.37 Å². The molecule has 2 heterocycles. The molecule has 0 fully saturated rings. The highest BCUT2D eigenvalue weighted by molar-refractivity contribution is 5.80. The van der Waals surface area contributed by atoms with Gasteiger partial charge in [0.2, 0.25) is 5.88 Å². The molecule has 4 rings (SSSR count). The molecule has 0 bridgehead atoms. The van der Waals surface area contributed by atoms with E-state index in [9.17, 15) is 14.3 Å². The summed E-state index contributed by atoms with van der Waals surface area (Å²) in [5, 5.41) is 16.5. The number of ether oxygens (including phenoxy) is 1. The van der Waals surface area contributed by atoms with Gasteiger partial charge < -0.3 is 20.5 Å². The van der Waals surface area contributed by atoms with Crippen molar-refractivity contribution in [2.75, 3.05) is 18.4 Å². The summed E-state index contributed by atoms with van der Waals surface area (Å²) in [4.78, 5) is 16.0. The van der Waals surface area contributed by atoms with Gasteiger partial charge in [0.25, 0.3) is 0 Å². The number of aliphatic carboxylic acids is 1. The number of anilines is 1. The fourth-order valence-electron chi connectivity index (χ4n) is 4.14. The molecule has 0 unspecified atom stereocenters. The Labute approximate surface area is 199 Å². The van der Waals surface area contributed by atoms with Crippen LogP contribution in [0.5, 0.6) is 5.88 Å². The van der Waals surface area contributed by atoms with Crippen LogP contribution in [0.2, 0.25) is 0 Å². The Balaban J connectivity index is 1.54. The highest BCUT2D eigenvalue weighted by Crippen LogP contribution is 2.32. The van der Waals surface area contributed by atoms with Gasteiger partial charge >= 0.3 is 5.97 Å². The second kappa shape index (κ2) is 9.81. The molecular formula is C27H30FN3O3. The number of halogens is 1. The first-order chi connectivity index (χ1) is 16.3. The molecule has 0 amide bonds. The van der Waals surface area contributed by atoms with Gasteiger partial charge in [-0.1, -0.05) is 43.3 Å². The molecular weight excluding hydrogens is 433 g/mol. The Morgan fingerprint density at radius 1 is 1.21 bits per heavy atom. The zero-order valence-corrected chi connectivity index (χ0v) is 19.6. The monoisotopic (exact) mass is 463 g/mol. The highest BCUT2D eigenvalue weighted by atomic mass is 19.1. The minimum absolute atomic E-state index is 0.0857. The van der Waals surface area contributed by atoms with Gasteiger partial charge in [0.05, 0.1) is 23.7 Å². The van der Waals surface area contributed by atoms with E-state index in [0.717, 1.165) is 22.4 Å². The van der Waals surface area contributed by atoms with Gasteiger partial charge in [0.15, 0.2) is 0 Å². The van der Waals surface area contributed by atoms with Crippen LogP contribution >= 0.6 is 0 Å². The van der Waals surface area contributed by atoms with Gasteiger partial charge in [0.1, 0.15) is 11.9 Å². The molecule has 1 aliphatic rings. The first-order valence-electron chi connectivity index (χ1n) is 11.4. The summed E-state index contributed by atoms with van der Waals surface area (Å²) in [5.41, 5.74) is 2.44. The van der Waals surface area contributed by atoms with Gasteiger partial charge in [-0.05, 0) is 60.7 Å². The minimum Gasteiger partial charge on any atom is -0.481 e. The summed E-state index contributed by atoms with van der Waals surface area (Å²) in [6.07, 6.45) is 1.38. The zero-order chi connectivity index (χ0) is 24.3. The summed E-state index contributed by atoms with van der Waals surface area (Å²) in [6, 6.07) is 17.7. The topological polar surface area (TPSA) is 83.5 Å². The Morgan fingerprint density at radius 2 is 1.97 bits per heavy atom. The third kappa shape index (κ3) is 5.04. The number of aromatic nitrogens is 1. The Kier molecular flexibility index (Phi) is 6.84. The molecule has 34 heavy (non-hydrogen) atoms. The summed E-state index contributed by atoms with van der Waals surface area (Å²) in [7, 11) is 0. The first-order valence-corrected chi connectivity index (χ1v) is 11.4. The molecule has 7 heteroatoms. The molecule has 3 atom stereocenters. The number of hydrogen-bond acceptors (Lipinski definition) is 5. The molecule has 3 N–H and O–H groups in total. The van der Waals surface area contributed by atoms with Crippen molar-refractivity contribution in [2.24, 2.45) is 0 Å². The zero-order valence-electron chi connectivity index (χ0n) is 19.6. The van der Waals surface area contributed by atoms with Crippen molar-refractivity contribution >= 4 is 11.7 Å². The van der Waals surface area contributed by atoms with E-state index in [1.54, 1.807) is 26.1 Å². The summed E-state index contributed by atoms with van der Waals surface area (Å²) < 4.78 is 20.3. The van der Waals surface area contributed by atoms with E-state index in [1.807, 2.05) is 42.5 Å². The van der Waals surface area contributed by atoms with E-state index >= 15 is 0 Å². The van der Waals surface area contributed by atoms with E-state index in [0.29, 0.717) is 19.0 Å². The maximum Gasteiger partial charge on any atom is 0.313 e. The average molecular weight is 464 g/mol. The maximum atomic E-state index is 14.1. The van der Waals surface area contributed by atoms with Gasteiger partial charge in [0, 0.05) is 12.7 Å². The van der Waals surface area contributed by atoms with Crippen LogP contribution in [0.4, 0.5) is 10.1 Å². The predicted octanol–water partition coefficient (Wildman–Crippen LogP) is 4.89. The lowest BCUT2D eigenvalue weighted by atomic mass is 9.83. The summed E-state index contributed by atoms with van der Waals surface area (Å²) in [6.45, 7) is 6.63. The largest absolute Gasteiger partial charge is 0.481 e. The average Bonchev–Trinajstić information content (AvgIpc) is 2.84. The minimum atomic E-state index is -0.977. The molecule has 1 aliphatic heterocycles. The lowest BCUT2D eigenvalue weighted by Gasteiger charge is -2.34. The van der Waals surface area contributed by atoms with Gasteiger partial charge in [-0.2, -0.15) is 0 Å². The number of carboxylic acid groups (broad SMARTS) is 1. The standard InChI is InChI=1S/C27H30FN3O3/c1-17(18-7-4-9-20(13-18)27(2,3)26(32)33)15-31-24(19-8-5-10-21(28)14-19)23-16-30-22-11-6-12-29-25(22)34-23/h4-14,17,23-24,30-31H,15-16H2,1-3H3,(H,32,33)/t17-,23+,24+/m0/s1. The van der Waals surface area contributed by atoms with Crippen molar-refractivity contribution in [2.45, 2.75) is 44.2 Å². The molecule has 0 saturated carbocycles. The highest BCUT2D eigenvalue weighted by Gasteiger charge is 2.31. The quantitative estimate of drug-likeness (QED) is 0.441. The molecule has 6 nitrogen and oxygen atoms in total. The molecule has 0 radical (unpaired) electrons. The lowest BCUT2D eigenvalue weighted by Crippen LogP contribution is -2.43. The fraction of sp³-hybridized carbons (Fsp3) is 0.333. The van der Waals surface area contributed by atoms with Gasteiger partial charge in [-0.15, -0.1) is 0 Å². The molecule has 178 valence electrons. The van der Waals surface area contributed by atoms with Crippen LogP contribution in [0.1, 0.15) is 49.4 Å². The van der Waals surface area contributed by atoms with E-state index in [-0.39, 0.29) is 23.9 Å². The van der Waals surface area contributed by atoms with Crippen molar-refractivity contribution < 1.29 is 19.0 Å². The van der Waals surface area contributed by atoms with Crippen molar-refractivity contribution in [3.63, 3.8) is 0 Å². The van der Waals surface area contributed by atoms with Crippen LogP contribution in [0, 0.1) is 5.82 Å². The fourth-order valence-corrected chi connectivity index (χ4v) is 4.14. The second-order valence-corrected chi connectivity index (χ2v) is 9.29. The predicted molar refractivity (Wildman–Crippen MR) is 130 cm³/mol. The molecule has 2 aromatic carbocycles. The third-order valence-electron chi connectivity index (χ3n) is 6.46. The normalized spacial score (nSPS) is 17.1. The van der Waals surface area contributed by atoms with E-state index < -0.39 is 11.4 Å². The van der Waals surface area contributed by atoms with Crippen molar-refractivity contribution in [1.82, 2.24) is 10.3 Å². The van der Waals surface area contributed by atoms with E-state index in [4.69, 9.17) is 4.74 Å². The van der Waals surface area contributed by atoms with Gasteiger partial charge in [-0.3, -0.25) is 4.79 Å². The second-order valence-electron chi connectivity index (χ2n) is 9.29. The number of fused-ring (bicyclic) bond motifs is 1. The Hall–Kier alpha value is -3.45. The first kappa shape index (κ1) is 23.7. The summed E-state index contributed by atoms with van der Waals surface area (Å²) >= 11 is 0. The van der Waals surface area contributed by atoms with Crippen LogP contribution in [-0.4, -0.2) is 35.3 Å². The number of carbonyl (C=O) groups is 1. The number of carboxylic acids is 1. The number of hydrogen-bond donors (Lipinski definition) is 3. The number of nitrogens with zero attached hydrogens (tertiary/aromatic N) is 1.